The number of amides is 3. The van der Waals surface area contributed by atoms with Gasteiger partial charge in [0.15, 0.2) is 0 Å². The van der Waals surface area contributed by atoms with Gasteiger partial charge in [0.25, 0.3) is 0 Å². The largest absolute Gasteiger partial charge is 0.351 e. The minimum absolute atomic E-state index is 0.0436. The van der Waals surface area contributed by atoms with E-state index in [4.69, 9.17) is 0 Å². The molecule has 2 saturated heterocycles. The highest BCUT2D eigenvalue weighted by Crippen LogP contribution is 2.33. The second kappa shape index (κ2) is 8.19. The Hall–Kier alpha value is -1.24. The van der Waals surface area contributed by atoms with Crippen molar-refractivity contribution in [3.63, 3.8) is 0 Å². The molecule has 3 unspecified atom stereocenters. The molecule has 2 heterocycles. The molecule has 3 N–H and O–H groups in total. The average molecular weight is 384 g/mol. The van der Waals surface area contributed by atoms with Crippen molar-refractivity contribution < 1.29 is 14.4 Å². The maximum Gasteiger partial charge on any atom is 0.315 e. The van der Waals surface area contributed by atoms with Crippen molar-refractivity contribution >= 4 is 29.5 Å². The molecule has 6 nitrogen and oxygen atoms in total. The quantitative estimate of drug-likeness (QED) is 0.422. The summed E-state index contributed by atoms with van der Waals surface area (Å²) in [5, 5.41) is 9.46. The zero-order valence-electron chi connectivity index (χ0n) is 16.6. The van der Waals surface area contributed by atoms with Gasteiger partial charge >= 0.3 is 6.03 Å². The van der Waals surface area contributed by atoms with Crippen molar-refractivity contribution in [3.05, 3.63) is 0 Å². The van der Waals surface area contributed by atoms with E-state index in [2.05, 4.69) is 16.0 Å². The summed E-state index contributed by atoms with van der Waals surface area (Å²) in [4.78, 5) is 35.4. The third-order valence-electron chi connectivity index (χ3n) is 5.40. The molecule has 7 heteroatoms. The number of hydrogen-bond donors (Lipinski definition) is 3. The second-order valence-corrected chi connectivity index (χ2v) is 10.2. The molecule has 0 saturated carbocycles. The van der Waals surface area contributed by atoms with Crippen molar-refractivity contribution in [1.29, 1.82) is 0 Å². The number of Topliss-reactive ketones (excluding diaryl/α,β-unsaturated/α-hetero) is 1. The highest BCUT2D eigenvalue weighted by atomic mass is 32.2. The van der Waals surface area contributed by atoms with E-state index in [1.54, 1.807) is 6.92 Å². The summed E-state index contributed by atoms with van der Waals surface area (Å²) < 4.78 is 0. The van der Waals surface area contributed by atoms with Crippen LogP contribution in [0.2, 0.25) is 0 Å². The Labute approximate surface area is 161 Å². The van der Waals surface area contributed by atoms with Gasteiger partial charge in [0.05, 0.1) is 12.1 Å². The van der Waals surface area contributed by atoms with Crippen LogP contribution in [0.5, 0.6) is 0 Å². The number of nitrogens with one attached hydrogen (secondary N) is 3. The van der Waals surface area contributed by atoms with Crippen molar-refractivity contribution in [2.75, 3.05) is 5.75 Å². The van der Waals surface area contributed by atoms with E-state index < -0.39 is 11.0 Å². The van der Waals surface area contributed by atoms with Crippen molar-refractivity contribution in [2.24, 2.45) is 5.41 Å². The molecule has 0 spiro atoms. The molecule has 2 aliphatic rings. The number of unbranched alkanes of at least 4 members (excludes halogenated alkanes) is 1. The Bertz CT molecular complexity index is 562. The molecule has 3 amide bonds. The molecule has 3 atom stereocenters. The number of thioether (sulfide) groups is 1. The smallest absolute Gasteiger partial charge is 0.315 e. The van der Waals surface area contributed by atoms with Crippen LogP contribution in [0, 0.1) is 5.41 Å². The number of carbonyl (C=O) groups excluding carboxylic acids is 3. The molecular formula is C19H33N3O3S. The lowest BCUT2D eigenvalue weighted by Crippen LogP contribution is -2.47. The summed E-state index contributed by atoms with van der Waals surface area (Å²) in [5.41, 5.74) is -0.840. The van der Waals surface area contributed by atoms with Crippen LogP contribution in [0.3, 0.4) is 0 Å². The van der Waals surface area contributed by atoms with Gasteiger partial charge in [-0.05, 0) is 40.0 Å². The van der Waals surface area contributed by atoms with Crippen molar-refractivity contribution in [2.45, 2.75) is 89.6 Å². The predicted octanol–water partition coefficient (Wildman–Crippen LogP) is 2.61. The Morgan fingerprint density at radius 3 is 2.54 bits per heavy atom. The van der Waals surface area contributed by atoms with E-state index in [0.717, 1.165) is 25.0 Å². The number of ketones is 1. The standard InChI is InChI=1S/C19H33N3O3S/c1-12(23)18(2,3)11-19(4,5)22-15(24)9-7-6-8-14-16-13(10-26-14)20-17(25)21-16/h13-14,16H,6-11H2,1-5H3,(H,22,24)(H2,20,21,25). The molecular weight excluding hydrogens is 350 g/mol. The molecule has 26 heavy (non-hydrogen) atoms. The average Bonchev–Trinajstić information content (AvgIpc) is 3.01. The first-order valence-electron chi connectivity index (χ1n) is 9.51. The molecule has 0 aromatic rings. The van der Waals surface area contributed by atoms with Crippen LogP contribution < -0.4 is 16.0 Å². The summed E-state index contributed by atoms with van der Waals surface area (Å²) >= 11 is 1.90. The second-order valence-electron chi connectivity index (χ2n) is 8.92. The first kappa shape index (κ1) is 21.1. The minimum atomic E-state index is -0.438. The fraction of sp³-hybridized carbons (Fsp3) is 0.842. The van der Waals surface area contributed by atoms with E-state index in [-0.39, 0.29) is 29.8 Å². The van der Waals surface area contributed by atoms with E-state index in [1.807, 2.05) is 39.5 Å². The van der Waals surface area contributed by atoms with Crippen LogP contribution in [0.15, 0.2) is 0 Å². The fourth-order valence-electron chi connectivity index (χ4n) is 3.99. The van der Waals surface area contributed by atoms with E-state index in [9.17, 15) is 14.4 Å². The minimum Gasteiger partial charge on any atom is -0.351 e. The lowest BCUT2D eigenvalue weighted by molar-refractivity contribution is -0.128. The van der Waals surface area contributed by atoms with Gasteiger partial charge < -0.3 is 16.0 Å². The molecule has 0 aromatic carbocycles. The summed E-state index contributed by atoms with van der Waals surface area (Å²) in [5.74, 6) is 1.15. The van der Waals surface area contributed by atoms with Crippen LogP contribution in [0.25, 0.3) is 0 Å². The molecule has 0 aliphatic carbocycles. The van der Waals surface area contributed by atoms with E-state index in [0.29, 0.717) is 18.1 Å². The highest BCUT2D eigenvalue weighted by molar-refractivity contribution is 8.00. The van der Waals surface area contributed by atoms with Gasteiger partial charge in [0.1, 0.15) is 5.78 Å². The number of fused-ring (bicyclic) bond motifs is 1. The van der Waals surface area contributed by atoms with Crippen molar-refractivity contribution in [1.82, 2.24) is 16.0 Å². The van der Waals surface area contributed by atoms with E-state index >= 15 is 0 Å². The van der Waals surface area contributed by atoms with Crippen molar-refractivity contribution in [3.8, 4) is 0 Å². The lowest BCUT2D eigenvalue weighted by atomic mass is 9.77. The first-order chi connectivity index (χ1) is 12.0. The lowest BCUT2D eigenvalue weighted by Gasteiger charge is -2.34. The van der Waals surface area contributed by atoms with Gasteiger partial charge in [0.2, 0.25) is 5.91 Å². The number of rotatable bonds is 9. The molecule has 148 valence electrons. The molecule has 2 aliphatic heterocycles. The fourth-order valence-corrected chi connectivity index (χ4v) is 5.53. The van der Waals surface area contributed by atoms with Gasteiger partial charge in [-0.1, -0.05) is 20.3 Å². The van der Waals surface area contributed by atoms with Gasteiger partial charge in [0, 0.05) is 28.4 Å². The molecule has 2 fully saturated rings. The summed E-state index contributed by atoms with van der Waals surface area (Å²) in [6.45, 7) is 9.39. The van der Waals surface area contributed by atoms with Gasteiger partial charge in [-0.2, -0.15) is 11.8 Å². The third kappa shape index (κ3) is 5.63. The van der Waals surface area contributed by atoms with Crippen LogP contribution in [0.4, 0.5) is 4.79 Å². The summed E-state index contributed by atoms with van der Waals surface area (Å²) in [6, 6.07) is 0.431. The van der Waals surface area contributed by atoms with Crippen LogP contribution in [-0.4, -0.2) is 46.3 Å². The van der Waals surface area contributed by atoms with Crippen LogP contribution in [-0.2, 0) is 9.59 Å². The Balaban J connectivity index is 1.67. The predicted molar refractivity (Wildman–Crippen MR) is 105 cm³/mol. The monoisotopic (exact) mass is 383 g/mol. The molecule has 0 aromatic heterocycles. The summed E-state index contributed by atoms with van der Waals surface area (Å²) in [6.07, 6.45) is 3.95. The van der Waals surface area contributed by atoms with Gasteiger partial charge in [-0.25, -0.2) is 4.79 Å². The normalized spacial score (nSPS) is 25.4. The van der Waals surface area contributed by atoms with Crippen LogP contribution >= 0.6 is 11.8 Å². The maximum absolute atomic E-state index is 12.3. The maximum atomic E-state index is 12.3. The number of carbonyl (C=O) groups is 3. The summed E-state index contributed by atoms with van der Waals surface area (Å²) in [7, 11) is 0. The van der Waals surface area contributed by atoms with Gasteiger partial charge in [-0.15, -0.1) is 0 Å². The van der Waals surface area contributed by atoms with E-state index in [1.165, 1.54) is 0 Å². The Kier molecular flexibility index (Phi) is 6.64. The first-order valence-corrected chi connectivity index (χ1v) is 10.6. The number of urea groups is 1. The molecule has 0 bridgehead atoms. The Morgan fingerprint density at radius 2 is 1.88 bits per heavy atom. The van der Waals surface area contributed by atoms with Gasteiger partial charge in [-0.3, -0.25) is 9.59 Å². The zero-order valence-corrected chi connectivity index (χ0v) is 17.4. The van der Waals surface area contributed by atoms with Crippen LogP contribution in [0.1, 0.15) is 66.7 Å². The highest BCUT2D eigenvalue weighted by Gasteiger charge is 2.42. The number of hydrogen-bond acceptors (Lipinski definition) is 4. The molecule has 0 radical (unpaired) electrons. The topological polar surface area (TPSA) is 87.3 Å². The zero-order chi connectivity index (χ0) is 19.5. The SMILES string of the molecule is CC(=O)C(C)(C)CC(C)(C)NC(=O)CCCCC1SCC2NC(=O)NC21. The third-order valence-corrected chi connectivity index (χ3v) is 6.90. The Morgan fingerprint density at radius 1 is 1.19 bits per heavy atom. The molecule has 2 rings (SSSR count).